The van der Waals surface area contributed by atoms with E-state index in [0.717, 1.165) is 13.1 Å². The minimum Gasteiger partial charge on any atom is -0.388 e. The van der Waals surface area contributed by atoms with Gasteiger partial charge < -0.3 is 15.5 Å². The van der Waals surface area contributed by atoms with Crippen molar-refractivity contribution in [2.75, 3.05) is 39.3 Å². The number of hydrogen-bond donors (Lipinski definition) is 2. The summed E-state index contributed by atoms with van der Waals surface area (Å²) in [4.78, 5) is 27.8. The second-order valence-corrected chi connectivity index (χ2v) is 7.66. The number of rotatable bonds is 8. The molecule has 0 bridgehead atoms. The van der Waals surface area contributed by atoms with E-state index >= 15 is 0 Å². The van der Waals surface area contributed by atoms with Crippen LogP contribution >= 0.6 is 0 Å². The van der Waals surface area contributed by atoms with Crippen LogP contribution in [0.5, 0.6) is 0 Å². The van der Waals surface area contributed by atoms with Crippen LogP contribution in [0, 0.1) is 11.3 Å². The number of hydrogen-bond acceptors (Lipinski definition) is 5. The third kappa shape index (κ3) is 6.19. The molecule has 166 valence electrons. The molecule has 2 aromatic rings. The number of carbonyl (C=O) groups is 2. The van der Waals surface area contributed by atoms with E-state index in [1.807, 2.05) is 42.5 Å². The Hall–Kier alpha value is -3.63. The summed E-state index contributed by atoms with van der Waals surface area (Å²) in [6.45, 7) is 4.86. The molecule has 32 heavy (non-hydrogen) atoms. The largest absolute Gasteiger partial charge is 0.388 e. The van der Waals surface area contributed by atoms with Crippen LogP contribution in [0.15, 0.2) is 72.4 Å². The van der Waals surface area contributed by atoms with E-state index < -0.39 is 0 Å². The number of benzene rings is 2. The maximum atomic E-state index is 12.8. The van der Waals surface area contributed by atoms with Crippen molar-refractivity contribution in [3.05, 3.63) is 83.6 Å². The van der Waals surface area contributed by atoms with Crippen LogP contribution in [0.4, 0.5) is 0 Å². The van der Waals surface area contributed by atoms with Gasteiger partial charge in [-0.25, -0.2) is 0 Å². The van der Waals surface area contributed by atoms with E-state index in [-0.39, 0.29) is 23.4 Å². The molecule has 1 fully saturated rings. The number of nitriles is 1. The van der Waals surface area contributed by atoms with Gasteiger partial charge in [0.1, 0.15) is 11.6 Å². The monoisotopic (exact) mass is 431 g/mol. The molecule has 0 spiro atoms. The Bertz CT molecular complexity index is 921. The highest BCUT2D eigenvalue weighted by Crippen LogP contribution is 2.29. The van der Waals surface area contributed by atoms with Crippen LogP contribution in [-0.2, 0) is 9.59 Å². The highest BCUT2D eigenvalue weighted by molar-refractivity contribution is 5.97. The van der Waals surface area contributed by atoms with Crippen molar-refractivity contribution in [1.82, 2.24) is 20.4 Å². The number of carbonyl (C=O) groups excluding carboxylic acids is 2. The highest BCUT2D eigenvalue weighted by atomic mass is 16.2. The molecule has 1 heterocycles. The summed E-state index contributed by atoms with van der Waals surface area (Å²) in [7, 11) is 0. The van der Waals surface area contributed by atoms with Crippen LogP contribution in [-0.4, -0.2) is 60.9 Å². The lowest BCUT2D eigenvalue weighted by molar-refractivity contribution is -0.128. The average Bonchev–Trinajstić information content (AvgIpc) is 2.83. The Labute approximate surface area is 189 Å². The van der Waals surface area contributed by atoms with E-state index in [2.05, 4.69) is 39.8 Å². The van der Waals surface area contributed by atoms with Gasteiger partial charge >= 0.3 is 0 Å². The molecule has 7 heteroatoms. The summed E-state index contributed by atoms with van der Waals surface area (Å²) in [5.74, 6) is -0.385. The smallest absolute Gasteiger partial charge is 0.266 e. The molecule has 0 unspecified atom stereocenters. The number of piperazine rings is 1. The average molecular weight is 432 g/mol. The van der Waals surface area contributed by atoms with Gasteiger partial charge in [-0.1, -0.05) is 60.7 Å². The first-order valence-electron chi connectivity index (χ1n) is 10.8. The Kier molecular flexibility index (Phi) is 8.41. The topological polar surface area (TPSA) is 88.5 Å². The summed E-state index contributed by atoms with van der Waals surface area (Å²) >= 11 is 0. The molecular weight excluding hydrogens is 402 g/mol. The zero-order chi connectivity index (χ0) is 22.8. The quantitative estimate of drug-likeness (QED) is 0.379. The summed E-state index contributed by atoms with van der Waals surface area (Å²) < 4.78 is 0. The fraction of sp³-hybridized carbons (Fsp3) is 0.320. The molecular formula is C25H29N5O2. The zero-order valence-electron chi connectivity index (χ0n) is 18.3. The van der Waals surface area contributed by atoms with Crippen LogP contribution in [0.3, 0.4) is 0 Å². The normalized spacial score (nSPS) is 14.7. The highest BCUT2D eigenvalue weighted by Gasteiger charge is 2.29. The standard InChI is InChI=1S/C25H29N5O2/c1-20(31)28-13-12-27-19-23(18-26)25(32)30-16-14-29(15-17-30)24(21-8-4-2-5-9-21)22-10-6-3-7-11-22/h2-11,19,24,27H,12-17H2,1H3,(H,28,31)/b23-19-. The molecule has 3 rings (SSSR count). The maximum Gasteiger partial charge on any atom is 0.266 e. The molecule has 2 N–H and O–H groups in total. The fourth-order valence-corrected chi connectivity index (χ4v) is 3.87. The van der Waals surface area contributed by atoms with Gasteiger partial charge in [-0.15, -0.1) is 0 Å². The molecule has 0 atom stereocenters. The number of nitrogens with one attached hydrogen (secondary N) is 2. The van der Waals surface area contributed by atoms with Gasteiger partial charge in [-0.3, -0.25) is 14.5 Å². The van der Waals surface area contributed by atoms with E-state index in [4.69, 9.17) is 0 Å². The lowest BCUT2D eigenvalue weighted by Gasteiger charge is -2.39. The van der Waals surface area contributed by atoms with Crippen molar-refractivity contribution in [2.45, 2.75) is 13.0 Å². The van der Waals surface area contributed by atoms with Crippen molar-refractivity contribution in [2.24, 2.45) is 0 Å². The first-order chi connectivity index (χ1) is 15.6. The van der Waals surface area contributed by atoms with Gasteiger partial charge in [-0.2, -0.15) is 5.26 Å². The minimum absolute atomic E-state index is 0.0731. The van der Waals surface area contributed by atoms with Crippen molar-refractivity contribution >= 4 is 11.8 Å². The SMILES string of the molecule is CC(=O)NCCN/C=C(/C#N)C(=O)N1CCN(C(c2ccccc2)c2ccccc2)CC1. The lowest BCUT2D eigenvalue weighted by Crippen LogP contribution is -2.50. The molecule has 1 saturated heterocycles. The van der Waals surface area contributed by atoms with Crippen molar-refractivity contribution in [3.63, 3.8) is 0 Å². The molecule has 0 radical (unpaired) electrons. The fourth-order valence-electron chi connectivity index (χ4n) is 3.87. The molecule has 0 aromatic heterocycles. The third-order valence-corrected chi connectivity index (χ3v) is 5.44. The van der Waals surface area contributed by atoms with Gasteiger partial charge in [0.15, 0.2) is 0 Å². The van der Waals surface area contributed by atoms with Crippen LogP contribution < -0.4 is 10.6 Å². The third-order valence-electron chi connectivity index (χ3n) is 5.44. The molecule has 1 aliphatic heterocycles. The second kappa shape index (κ2) is 11.7. The van der Waals surface area contributed by atoms with Crippen LogP contribution in [0.1, 0.15) is 24.1 Å². The van der Waals surface area contributed by atoms with Crippen molar-refractivity contribution < 1.29 is 9.59 Å². The Morgan fingerprint density at radius 2 is 1.53 bits per heavy atom. The molecule has 2 amide bonds. The summed E-state index contributed by atoms with van der Waals surface area (Å²) in [6, 6.07) is 22.9. The van der Waals surface area contributed by atoms with Crippen LogP contribution in [0.25, 0.3) is 0 Å². The molecule has 0 aliphatic carbocycles. The summed E-state index contributed by atoms with van der Waals surface area (Å²) in [5.41, 5.74) is 2.52. The summed E-state index contributed by atoms with van der Waals surface area (Å²) in [5, 5.41) is 15.0. The maximum absolute atomic E-state index is 12.8. The van der Waals surface area contributed by atoms with Crippen molar-refractivity contribution in [1.29, 1.82) is 5.26 Å². The Morgan fingerprint density at radius 1 is 0.969 bits per heavy atom. The molecule has 0 saturated carbocycles. The second-order valence-electron chi connectivity index (χ2n) is 7.66. The van der Waals surface area contributed by atoms with Gasteiger partial charge in [0.2, 0.25) is 5.91 Å². The van der Waals surface area contributed by atoms with Gasteiger partial charge in [0.25, 0.3) is 5.91 Å². The summed E-state index contributed by atoms with van der Waals surface area (Å²) in [6.07, 6.45) is 1.44. The first kappa shape index (κ1) is 23.0. The molecule has 2 aromatic carbocycles. The predicted octanol–water partition coefficient (Wildman–Crippen LogP) is 2.05. The Morgan fingerprint density at radius 3 is 2.03 bits per heavy atom. The number of nitrogens with zero attached hydrogens (tertiary/aromatic N) is 3. The zero-order valence-corrected chi connectivity index (χ0v) is 18.3. The Balaban J connectivity index is 1.63. The predicted molar refractivity (Wildman–Crippen MR) is 123 cm³/mol. The lowest BCUT2D eigenvalue weighted by atomic mass is 9.96. The molecule has 7 nitrogen and oxygen atoms in total. The van der Waals surface area contributed by atoms with Crippen molar-refractivity contribution in [3.8, 4) is 6.07 Å². The number of amides is 2. The van der Waals surface area contributed by atoms with Gasteiger partial charge in [0.05, 0.1) is 6.04 Å². The van der Waals surface area contributed by atoms with Gasteiger partial charge in [-0.05, 0) is 11.1 Å². The molecule has 1 aliphatic rings. The first-order valence-corrected chi connectivity index (χ1v) is 10.8. The van der Waals surface area contributed by atoms with E-state index in [1.54, 1.807) is 4.90 Å². The van der Waals surface area contributed by atoms with Crippen LogP contribution in [0.2, 0.25) is 0 Å². The van der Waals surface area contributed by atoms with E-state index in [0.29, 0.717) is 26.2 Å². The van der Waals surface area contributed by atoms with E-state index in [1.165, 1.54) is 24.3 Å². The minimum atomic E-state index is -0.268. The van der Waals surface area contributed by atoms with Gasteiger partial charge in [0, 0.05) is 52.4 Å². The van der Waals surface area contributed by atoms with E-state index in [9.17, 15) is 14.9 Å².